The molecule has 0 saturated heterocycles. The van der Waals surface area contributed by atoms with Crippen molar-refractivity contribution in [3.8, 4) is 5.75 Å². The van der Waals surface area contributed by atoms with Gasteiger partial charge >= 0.3 is 0 Å². The van der Waals surface area contributed by atoms with E-state index >= 15 is 0 Å². The smallest absolute Gasteiger partial charge is 0.263 e. The number of ether oxygens (including phenoxy) is 1. The number of rotatable bonds is 6. The Morgan fingerprint density at radius 2 is 2.12 bits per heavy atom. The molecular formula is C16H25N3O4S. The molecule has 0 fully saturated rings. The minimum atomic E-state index is -3.49. The minimum Gasteiger partial charge on any atom is -0.476 e. The Morgan fingerprint density at radius 1 is 1.42 bits per heavy atom. The second-order valence-electron chi connectivity index (χ2n) is 6.32. The molecule has 0 radical (unpaired) electrons. The Labute approximate surface area is 143 Å². The van der Waals surface area contributed by atoms with Crippen molar-refractivity contribution in [2.24, 2.45) is 0 Å². The molecule has 0 bridgehead atoms. The number of hydrogen-bond donors (Lipinski definition) is 1. The van der Waals surface area contributed by atoms with Crippen LogP contribution in [0.2, 0.25) is 0 Å². The molecule has 0 spiro atoms. The summed E-state index contributed by atoms with van der Waals surface area (Å²) in [7, 11) is 0.442. The van der Waals surface area contributed by atoms with Crippen molar-refractivity contribution < 1.29 is 17.9 Å². The lowest BCUT2D eigenvalue weighted by Gasteiger charge is -2.34. The maximum absolute atomic E-state index is 12.3. The average molecular weight is 355 g/mol. The Kier molecular flexibility index (Phi) is 5.71. The number of hydrogen-bond acceptors (Lipinski definition) is 5. The Morgan fingerprint density at radius 3 is 2.75 bits per heavy atom. The van der Waals surface area contributed by atoms with Gasteiger partial charge in [-0.3, -0.25) is 9.10 Å². The van der Waals surface area contributed by atoms with Crippen molar-refractivity contribution in [2.75, 3.05) is 44.3 Å². The zero-order valence-corrected chi connectivity index (χ0v) is 15.4. The Balaban J connectivity index is 2.11. The first-order valence-electron chi connectivity index (χ1n) is 7.86. The van der Waals surface area contributed by atoms with E-state index in [1.54, 1.807) is 12.1 Å². The summed E-state index contributed by atoms with van der Waals surface area (Å²) in [5.41, 5.74) is 1.41. The molecule has 24 heavy (non-hydrogen) atoms. The number of nitrogens with one attached hydrogen (secondary N) is 1. The average Bonchev–Trinajstić information content (AvgIpc) is 2.49. The fraction of sp³-hybridized carbons (Fsp3) is 0.562. The normalized spacial score (nSPS) is 17.4. The standard InChI is InChI=1S/C16H25N3O4S/c1-12-6-7-14-13(10-12)19(24(4,21)22)11-15(23-14)16(20)17-8-5-9-18(2)3/h6-7,10,15H,5,8-9,11H2,1-4H3,(H,17,20). The molecule has 1 amide bonds. The molecule has 0 saturated carbocycles. The minimum absolute atomic E-state index is 0.0190. The second-order valence-corrected chi connectivity index (χ2v) is 8.23. The fourth-order valence-electron chi connectivity index (χ4n) is 2.53. The van der Waals surface area contributed by atoms with Gasteiger partial charge in [0.2, 0.25) is 10.0 Å². The second kappa shape index (κ2) is 7.40. The van der Waals surface area contributed by atoms with E-state index in [1.807, 2.05) is 32.0 Å². The quantitative estimate of drug-likeness (QED) is 0.756. The number of sulfonamides is 1. The third kappa shape index (κ3) is 4.61. The van der Waals surface area contributed by atoms with Crippen LogP contribution in [0.3, 0.4) is 0 Å². The van der Waals surface area contributed by atoms with E-state index in [0.29, 0.717) is 18.0 Å². The largest absolute Gasteiger partial charge is 0.476 e. The third-order valence-electron chi connectivity index (χ3n) is 3.76. The van der Waals surface area contributed by atoms with Crippen LogP contribution in [0, 0.1) is 6.92 Å². The highest BCUT2D eigenvalue weighted by atomic mass is 32.2. The Hall–Kier alpha value is -1.80. The highest BCUT2D eigenvalue weighted by Crippen LogP contribution is 2.35. The molecule has 1 aromatic carbocycles. The van der Waals surface area contributed by atoms with Crippen LogP contribution >= 0.6 is 0 Å². The van der Waals surface area contributed by atoms with Gasteiger partial charge in [-0.15, -0.1) is 0 Å². The van der Waals surface area contributed by atoms with Crippen molar-refractivity contribution in [3.05, 3.63) is 23.8 Å². The molecule has 8 heteroatoms. The summed E-state index contributed by atoms with van der Waals surface area (Å²) in [6.45, 7) is 3.25. The number of benzene rings is 1. The van der Waals surface area contributed by atoms with Crippen molar-refractivity contribution in [1.29, 1.82) is 0 Å². The van der Waals surface area contributed by atoms with Crippen LogP contribution in [-0.2, 0) is 14.8 Å². The number of anilines is 1. The van der Waals surface area contributed by atoms with Crippen molar-refractivity contribution in [3.63, 3.8) is 0 Å². The molecule has 0 aromatic heterocycles. The van der Waals surface area contributed by atoms with Gasteiger partial charge in [-0.1, -0.05) is 6.07 Å². The molecule has 2 rings (SSSR count). The van der Waals surface area contributed by atoms with Crippen molar-refractivity contribution in [2.45, 2.75) is 19.4 Å². The molecule has 1 aliphatic heterocycles. The summed E-state index contributed by atoms with van der Waals surface area (Å²) in [6.07, 6.45) is 1.10. The van der Waals surface area contributed by atoms with E-state index in [-0.39, 0.29) is 12.5 Å². The van der Waals surface area contributed by atoms with Gasteiger partial charge in [0.1, 0.15) is 5.75 Å². The maximum atomic E-state index is 12.3. The highest BCUT2D eigenvalue weighted by Gasteiger charge is 2.34. The van der Waals surface area contributed by atoms with Crippen LogP contribution in [0.1, 0.15) is 12.0 Å². The zero-order valence-electron chi connectivity index (χ0n) is 14.6. The molecule has 134 valence electrons. The fourth-order valence-corrected chi connectivity index (χ4v) is 3.44. The first kappa shape index (κ1) is 18.5. The van der Waals surface area contributed by atoms with Gasteiger partial charge in [-0.2, -0.15) is 0 Å². The van der Waals surface area contributed by atoms with Crippen molar-refractivity contribution >= 4 is 21.6 Å². The molecule has 1 aromatic rings. The molecule has 0 aliphatic carbocycles. The number of fused-ring (bicyclic) bond motifs is 1. The molecule has 1 unspecified atom stereocenters. The number of carbonyl (C=O) groups is 1. The summed E-state index contributed by atoms with van der Waals surface area (Å²) >= 11 is 0. The van der Waals surface area contributed by atoms with Gasteiger partial charge in [0.25, 0.3) is 5.91 Å². The van der Waals surface area contributed by atoms with E-state index in [0.717, 1.165) is 24.8 Å². The molecular weight excluding hydrogens is 330 g/mol. The topological polar surface area (TPSA) is 79.0 Å². The maximum Gasteiger partial charge on any atom is 0.263 e. The summed E-state index contributed by atoms with van der Waals surface area (Å²) < 4.78 is 31.2. The lowest BCUT2D eigenvalue weighted by atomic mass is 10.1. The van der Waals surface area contributed by atoms with Gasteiger partial charge in [0.05, 0.1) is 18.5 Å². The van der Waals surface area contributed by atoms with Crippen LogP contribution in [0.5, 0.6) is 5.75 Å². The summed E-state index contributed by atoms with van der Waals surface area (Å²) in [5, 5.41) is 2.81. The lowest BCUT2D eigenvalue weighted by molar-refractivity contribution is -0.127. The summed E-state index contributed by atoms with van der Waals surface area (Å²) in [4.78, 5) is 14.4. The predicted octanol–water partition coefficient (Wildman–Crippen LogP) is 0.590. The number of nitrogens with zero attached hydrogens (tertiary/aromatic N) is 2. The molecule has 1 heterocycles. The summed E-state index contributed by atoms with van der Waals surface area (Å²) in [6, 6.07) is 5.28. The van der Waals surface area contributed by atoms with E-state index in [9.17, 15) is 13.2 Å². The number of aryl methyl sites for hydroxylation is 1. The first-order chi connectivity index (χ1) is 11.2. The van der Waals surface area contributed by atoms with Gasteiger partial charge in [-0.05, 0) is 51.7 Å². The van der Waals surface area contributed by atoms with Crippen LogP contribution in [0.25, 0.3) is 0 Å². The number of carbonyl (C=O) groups excluding carboxylic acids is 1. The van der Waals surface area contributed by atoms with E-state index in [4.69, 9.17) is 4.74 Å². The van der Waals surface area contributed by atoms with E-state index < -0.39 is 16.1 Å². The summed E-state index contributed by atoms with van der Waals surface area (Å²) in [5.74, 6) is 0.111. The van der Waals surface area contributed by atoms with Crippen LogP contribution in [0.15, 0.2) is 18.2 Å². The SMILES string of the molecule is Cc1ccc2c(c1)N(S(C)(=O)=O)CC(C(=O)NCCCN(C)C)O2. The molecule has 1 atom stereocenters. The van der Waals surface area contributed by atoms with Gasteiger partial charge in [0, 0.05) is 6.54 Å². The lowest BCUT2D eigenvalue weighted by Crippen LogP contribution is -2.50. The van der Waals surface area contributed by atoms with Gasteiger partial charge < -0.3 is 15.0 Å². The monoisotopic (exact) mass is 355 g/mol. The molecule has 1 N–H and O–H groups in total. The van der Waals surface area contributed by atoms with Crippen LogP contribution in [0.4, 0.5) is 5.69 Å². The van der Waals surface area contributed by atoms with Gasteiger partial charge in [-0.25, -0.2) is 8.42 Å². The van der Waals surface area contributed by atoms with Crippen molar-refractivity contribution in [1.82, 2.24) is 10.2 Å². The first-order valence-corrected chi connectivity index (χ1v) is 9.71. The molecule has 1 aliphatic rings. The van der Waals surface area contributed by atoms with Crippen LogP contribution in [-0.4, -0.2) is 65.3 Å². The zero-order chi connectivity index (χ0) is 17.9. The van der Waals surface area contributed by atoms with E-state index in [1.165, 1.54) is 4.31 Å². The highest BCUT2D eigenvalue weighted by molar-refractivity contribution is 7.92. The van der Waals surface area contributed by atoms with E-state index in [2.05, 4.69) is 5.32 Å². The van der Waals surface area contributed by atoms with Crippen LogP contribution < -0.4 is 14.4 Å². The van der Waals surface area contributed by atoms with Gasteiger partial charge in [0.15, 0.2) is 6.10 Å². The third-order valence-corrected chi connectivity index (χ3v) is 4.90. The Bertz CT molecular complexity index is 703. The number of amides is 1. The molecule has 7 nitrogen and oxygen atoms in total. The predicted molar refractivity (Wildman–Crippen MR) is 94.0 cm³/mol.